The van der Waals surface area contributed by atoms with E-state index in [1.54, 1.807) is 12.1 Å². The second-order valence-corrected chi connectivity index (χ2v) is 6.42. The Kier molecular flexibility index (Phi) is 8.10. The van der Waals surface area contributed by atoms with Crippen LogP contribution in [0.1, 0.15) is 67.6 Å². The fraction of sp³-hybridized carbons (Fsp3) is 0.273. The number of aromatic carboxylic acids is 2. The molecule has 1 unspecified atom stereocenters. The number of benzene rings is 2. The van der Waals surface area contributed by atoms with Gasteiger partial charge < -0.3 is 19.7 Å². The van der Waals surface area contributed by atoms with Crippen molar-refractivity contribution < 1.29 is 38.9 Å². The van der Waals surface area contributed by atoms with Gasteiger partial charge in [-0.15, -0.1) is 0 Å². The lowest BCUT2D eigenvalue weighted by atomic mass is 10.1. The smallest absolute Gasteiger partial charge is 0.339 e. The molecule has 0 aliphatic carbocycles. The van der Waals surface area contributed by atoms with Gasteiger partial charge in [0.25, 0.3) is 0 Å². The maximum absolute atomic E-state index is 12.3. The molecule has 0 aliphatic rings. The molecule has 0 bridgehead atoms. The molecule has 2 aromatic carbocycles. The Balaban J connectivity index is 1.88. The van der Waals surface area contributed by atoms with E-state index in [-0.39, 0.29) is 28.9 Å². The number of esters is 2. The molecule has 0 aliphatic heterocycles. The SMILES string of the molecule is CCC(CCCOC(=O)c1ccccc1C(=O)O)OC(=O)c1ccccc1C(=O)O. The minimum absolute atomic E-state index is 0.0204. The first-order valence-electron chi connectivity index (χ1n) is 9.37. The van der Waals surface area contributed by atoms with Crippen molar-refractivity contribution >= 4 is 23.9 Å². The molecular formula is C22H22O8. The Labute approximate surface area is 173 Å². The van der Waals surface area contributed by atoms with E-state index in [0.29, 0.717) is 19.3 Å². The summed E-state index contributed by atoms with van der Waals surface area (Å²) in [6.07, 6.45) is 0.791. The predicted octanol–water partition coefficient (Wildman–Crippen LogP) is 3.66. The molecule has 0 aromatic heterocycles. The molecule has 0 fully saturated rings. The Morgan fingerprint density at radius 2 is 1.27 bits per heavy atom. The Hall–Kier alpha value is -3.68. The summed E-state index contributed by atoms with van der Waals surface area (Å²) in [5, 5.41) is 18.3. The monoisotopic (exact) mass is 414 g/mol. The quantitative estimate of drug-likeness (QED) is 0.445. The highest BCUT2D eigenvalue weighted by atomic mass is 16.5. The highest BCUT2D eigenvalue weighted by Gasteiger charge is 2.21. The van der Waals surface area contributed by atoms with Crippen molar-refractivity contribution in [2.75, 3.05) is 6.61 Å². The summed E-state index contributed by atoms with van der Waals surface area (Å²) < 4.78 is 10.5. The van der Waals surface area contributed by atoms with Crippen molar-refractivity contribution in [1.82, 2.24) is 0 Å². The maximum atomic E-state index is 12.3. The summed E-state index contributed by atoms with van der Waals surface area (Å²) in [5.41, 5.74) is -0.336. The summed E-state index contributed by atoms with van der Waals surface area (Å²) in [6.45, 7) is 1.84. The molecule has 0 amide bonds. The van der Waals surface area contributed by atoms with Gasteiger partial charge in [0.2, 0.25) is 0 Å². The minimum atomic E-state index is -1.22. The highest BCUT2D eigenvalue weighted by molar-refractivity contribution is 6.03. The predicted molar refractivity (Wildman–Crippen MR) is 106 cm³/mol. The number of hydrogen-bond acceptors (Lipinski definition) is 6. The van der Waals surface area contributed by atoms with E-state index >= 15 is 0 Å². The Morgan fingerprint density at radius 1 is 0.800 bits per heavy atom. The van der Waals surface area contributed by atoms with Gasteiger partial charge in [-0.3, -0.25) is 0 Å². The molecular weight excluding hydrogens is 392 g/mol. The van der Waals surface area contributed by atoms with Crippen LogP contribution < -0.4 is 0 Å². The van der Waals surface area contributed by atoms with Gasteiger partial charge in [0, 0.05) is 0 Å². The Morgan fingerprint density at radius 3 is 1.73 bits per heavy atom. The third-order valence-corrected chi connectivity index (χ3v) is 4.39. The average Bonchev–Trinajstić information content (AvgIpc) is 2.75. The number of carbonyl (C=O) groups excluding carboxylic acids is 2. The van der Waals surface area contributed by atoms with Crippen LogP contribution in [0.15, 0.2) is 48.5 Å². The van der Waals surface area contributed by atoms with E-state index in [2.05, 4.69) is 0 Å². The van der Waals surface area contributed by atoms with Crippen LogP contribution in [-0.2, 0) is 9.47 Å². The number of hydrogen-bond donors (Lipinski definition) is 2. The van der Waals surface area contributed by atoms with Crippen molar-refractivity contribution in [3.63, 3.8) is 0 Å². The average molecular weight is 414 g/mol. The zero-order valence-electron chi connectivity index (χ0n) is 16.4. The van der Waals surface area contributed by atoms with Crippen molar-refractivity contribution in [3.8, 4) is 0 Å². The molecule has 2 N–H and O–H groups in total. The molecule has 0 spiro atoms. The summed E-state index contributed by atoms with van der Waals surface area (Å²) >= 11 is 0. The zero-order chi connectivity index (χ0) is 22.1. The first-order chi connectivity index (χ1) is 14.3. The summed E-state index contributed by atoms with van der Waals surface area (Å²) in [4.78, 5) is 46.9. The molecule has 8 nitrogen and oxygen atoms in total. The van der Waals surface area contributed by atoms with E-state index in [1.807, 2.05) is 6.92 Å². The van der Waals surface area contributed by atoms with Crippen LogP contribution in [-0.4, -0.2) is 46.8 Å². The van der Waals surface area contributed by atoms with E-state index in [9.17, 15) is 24.3 Å². The van der Waals surface area contributed by atoms with Crippen LogP contribution in [0, 0.1) is 0 Å². The normalized spacial score (nSPS) is 11.4. The van der Waals surface area contributed by atoms with Gasteiger partial charge in [-0.2, -0.15) is 0 Å². The maximum Gasteiger partial charge on any atom is 0.339 e. The van der Waals surface area contributed by atoms with Crippen molar-refractivity contribution in [2.45, 2.75) is 32.3 Å². The number of rotatable bonds is 10. The van der Waals surface area contributed by atoms with Crippen LogP contribution in [0.25, 0.3) is 0 Å². The highest BCUT2D eigenvalue weighted by Crippen LogP contribution is 2.16. The lowest BCUT2D eigenvalue weighted by Gasteiger charge is -2.17. The van der Waals surface area contributed by atoms with Gasteiger partial charge in [0.15, 0.2) is 0 Å². The summed E-state index contributed by atoms with van der Waals surface area (Å²) in [7, 11) is 0. The molecule has 30 heavy (non-hydrogen) atoms. The molecule has 0 saturated heterocycles. The summed E-state index contributed by atoms with van der Waals surface area (Å²) in [5.74, 6) is -3.91. The number of ether oxygens (including phenoxy) is 2. The second-order valence-electron chi connectivity index (χ2n) is 6.42. The van der Waals surface area contributed by atoms with E-state index in [1.165, 1.54) is 36.4 Å². The van der Waals surface area contributed by atoms with Gasteiger partial charge in [0.1, 0.15) is 6.10 Å². The zero-order valence-corrected chi connectivity index (χ0v) is 16.4. The Bertz CT molecular complexity index is 934. The van der Waals surface area contributed by atoms with E-state index in [4.69, 9.17) is 14.6 Å². The number of carbonyl (C=O) groups is 4. The van der Waals surface area contributed by atoms with Crippen molar-refractivity contribution in [1.29, 1.82) is 0 Å². The van der Waals surface area contributed by atoms with Crippen LogP contribution >= 0.6 is 0 Å². The molecule has 158 valence electrons. The molecule has 0 saturated carbocycles. The minimum Gasteiger partial charge on any atom is -0.478 e. The van der Waals surface area contributed by atoms with Gasteiger partial charge in [-0.25, -0.2) is 19.2 Å². The van der Waals surface area contributed by atoms with Crippen LogP contribution in [0.2, 0.25) is 0 Å². The topological polar surface area (TPSA) is 127 Å². The lowest BCUT2D eigenvalue weighted by Crippen LogP contribution is -2.20. The third kappa shape index (κ3) is 5.91. The van der Waals surface area contributed by atoms with Gasteiger partial charge >= 0.3 is 23.9 Å². The number of carboxylic acids is 2. The number of carboxylic acid groups (broad SMARTS) is 2. The molecule has 0 heterocycles. The van der Waals surface area contributed by atoms with Crippen molar-refractivity contribution in [3.05, 3.63) is 70.8 Å². The third-order valence-electron chi connectivity index (χ3n) is 4.39. The second kappa shape index (κ2) is 10.8. The first kappa shape index (κ1) is 22.6. The van der Waals surface area contributed by atoms with Gasteiger partial charge in [-0.05, 0) is 43.5 Å². The van der Waals surface area contributed by atoms with Crippen LogP contribution in [0.5, 0.6) is 0 Å². The van der Waals surface area contributed by atoms with Crippen LogP contribution in [0.3, 0.4) is 0 Å². The van der Waals surface area contributed by atoms with Gasteiger partial charge in [0.05, 0.1) is 28.9 Å². The molecule has 2 aromatic rings. The van der Waals surface area contributed by atoms with E-state index in [0.717, 1.165) is 0 Å². The van der Waals surface area contributed by atoms with Gasteiger partial charge in [-0.1, -0.05) is 31.2 Å². The molecule has 1 atom stereocenters. The van der Waals surface area contributed by atoms with E-state index < -0.39 is 30.0 Å². The largest absolute Gasteiger partial charge is 0.478 e. The van der Waals surface area contributed by atoms with Crippen LogP contribution in [0.4, 0.5) is 0 Å². The van der Waals surface area contributed by atoms with Crippen molar-refractivity contribution in [2.24, 2.45) is 0 Å². The lowest BCUT2D eigenvalue weighted by molar-refractivity contribution is 0.0227. The summed E-state index contributed by atoms with van der Waals surface area (Å²) in [6, 6.07) is 11.6. The molecule has 0 radical (unpaired) electrons. The fourth-order valence-corrected chi connectivity index (χ4v) is 2.81. The molecule has 8 heteroatoms. The standard InChI is InChI=1S/C22H22O8/c1-2-14(30-22(28)18-12-6-4-10-16(18)20(25)26)8-7-13-29-21(27)17-11-5-3-9-15(17)19(23)24/h3-6,9-12,14H,2,7-8,13H2,1H3,(H,23,24)(H,25,26). The molecule has 2 rings (SSSR count). The first-order valence-corrected chi connectivity index (χ1v) is 9.37. The fourth-order valence-electron chi connectivity index (χ4n) is 2.81.